The van der Waals surface area contributed by atoms with Crippen LogP contribution in [0.15, 0.2) is 28.7 Å². The molecule has 168 valence electrons. The first-order chi connectivity index (χ1) is 14.9. The second-order valence-electron chi connectivity index (χ2n) is 9.47. The van der Waals surface area contributed by atoms with Crippen molar-refractivity contribution in [3.8, 4) is 11.5 Å². The smallest absolute Gasteiger partial charge is 0.226 e. The number of aromatic nitrogens is 1. The summed E-state index contributed by atoms with van der Waals surface area (Å²) in [6.07, 6.45) is 5.44. The molecule has 1 aliphatic heterocycles. The summed E-state index contributed by atoms with van der Waals surface area (Å²) >= 11 is 6.10. The minimum atomic E-state index is 0.126. The molecule has 2 heterocycles. The van der Waals surface area contributed by atoms with Gasteiger partial charge >= 0.3 is 0 Å². The fraction of sp³-hybridized carbons (Fsp3) is 0.600. The van der Waals surface area contributed by atoms with Gasteiger partial charge in [0.15, 0.2) is 0 Å². The molecule has 3 unspecified atom stereocenters. The lowest BCUT2D eigenvalue weighted by Crippen LogP contribution is -2.48. The van der Waals surface area contributed by atoms with Gasteiger partial charge in [-0.25, -0.2) is 4.98 Å². The molecule has 1 aromatic carbocycles. The topological polar surface area (TPSA) is 58.4 Å². The highest BCUT2D eigenvalue weighted by Gasteiger charge is 2.31. The molecular weight excluding hydrogens is 410 g/mol. The van der Waals surface area contributed by atoms with Crippen LogP contribution in [0.3, 0.4) is 0 Å². The first-order valence-corrected chi connectivity index (χ1v) is 12.0. The summed E-state index contributed by atoms with van der Waals surface area (Å²) in [5.41, 5.74) is 1.85. The molecule has 1 aliphatic carbocycles. The van der Waals surface area contributed by atoms with Crippen molar-refractivity contribution < 1.29 is 9.21 Å². The first-order valence-electron chi connectivity index (χ1n) is 11.7. The average Bonchev–Trinajstić information content (AvgIpc) is 3.12. The molecular formula is C25H34ClN3O2. The minimum absolute atomic E-state index is 0.126. The van der Waals surface area contributed by atoms with Crippen LogP contribution < -0.4 is 5.32 Å². The van der Waals surface area contributed by atoms with E-state index in [0.29, 0.717) is 28.8 Å². The molecule has 6 heteroatoms. The van der Waals surface area contributed by atoms with E-state index in [1.807, 2.05) is 31.2 Å². The van der Waals surface area contributed by atoms with Crippen molar-refractivity contribution in [1.82, 2.24) is 15.2 Å². The molecule has 31 heavy (non-hydrogen) atoms. The monoisotopic (exact) mass is 443 g/mol. The number of likely N-dealkylation sites (tertiary alicyclic amines) is 1. The SMILES string of the molecule is Cc1oc(-c2cccc(Cl)c2)nc1CN1CCC(C(=O)NC2CCCC(C)C2C)CC1. The van der Waals surface area contributed by atoms with E-state index < -0.39 is 0 Å². The molecule has 1 N–H and O–H groups in total. The summed E-state index contributed by atoms with van der Waals surface area (Å²) in [4.78, 5) is 20.0. The van der Waals surface area contributed by atoms with Crippen LogP contribution in [0.2, 0.25) is 5.02 Å². The van der Waals surface area contributed by atoms with Crippen molar-refractivity contribution in [2.45, 2.75) is 65.5 Å². The zero-order valence-electron chi connectivity index (χ0n) is 18.9. The molecule has 0 spiro atoms. The van der Waals surface area contributed by atoms with Crippen LogP contribution in [0.4, 0.5) is 0 Å². The van der Waals surface area contributed by atoms with E-state index >= 15 is 0 Å². The van der Waals surface area contributed by atoms with Gasteiger partial charge in [0.2, 0.25) is 11.8 Å². The summed E-state index contributed by atoms with van der Waals surface area (Å²) in [7, 11) is 0. The van der Waals surface area contributed by atoms with Gasteiger partial charge in [-0.1, -0.05) is 44.4 Å². The maximum absolute atomic E-state index is 12.9. The summed E-state index contributed by atoms with van der Waals surface area (Å²) in [6, 6.07) is 7.92. The van der Waals surface area contributed by atoms with Crippen LogP contribution >= 0.6 is 11.6 Å². The number of halogens is 1. The van der Waals surface area contributed by atoms with E-state index in [9.17, 15) is 4.79 Å². The van der Waals surface area contributed by atoms with Gasteiger partial charge in [0, 0.05) is 29.1 Å². The summed E-state index contributed by atoms with van der Waals surface area (Å²) in [6.45, 7) is 9.13. The molecule has 0 bridgehead atoms. The maximum Gasteiger partial charge on any atom is 0.226 e. The molecule has 1 amide bonds. The molecule has 1 saturated carbocycles. The van der Waals surface area contributed by atoms with E-state index in [1.165, 1.54) is 12.8 Å². The largest absolute Gasteiger partial charge is 0.441 e. The molecule has 2 aliphatic rings. The highest BCUT2D eigenvalue weighted by Crippen LogP contribution is 2.30. The number of hydrogen-bond donors (Lipinski definition) is 1. The molecule has 0 radical (unpaired) electrons. The third-order valence-electron chi connectivity index (χ3n) is 7.33. The van der Waals surface area contributed by atoms with Crippen molar-refractivity contribution >= 4 is 17.5 Å². The quantitative estimate of drug-likeness (QED) is 0.666. The Bertz CT molecular complexity index is 904. The van der Waals surface area contributed by atoms with Gasteiger partial charge in [0.25, 0.3) is 0 Å². The predicted octanol–water partition coefficient (Wildman–Crippen LogP) is 5.46. The number of hydrogen-bond acceptors (Lipinski definition) is 4. The van der Waals surface area contributed by atoms with Crippen molar-refractivity contribution in [1.29, 1.82) is 0 Å². The Kier molecular flexibility index (Phi) is 7.02. The molecule has 1 saturated heterocycles. The summed E-state index contributed by atoms with van der Waals surface area (Å²) in [5, 5.41) is 4.05. The zero-order chi connectivity index (χ0) is 22.0. The Balaban J connectivity index is 1.30. The van der Waals surface area contributed by atoms with E-state index in [4.69, 9.17) is 21.0 Å². The highest BCUT2D eigenvalue weighted by molar-refractivity contribution is 6.30. The number of nitrogens with zero attached hydrogens (tertiary/aromatic N) is 2. The summed E-state index contributed by atoms with van der Waals surface area (Å²) < 4.78 is 5.90. The molecule has 1 aromatic heterocycles. The Labute approximate surface area is 190 Å². The average molecular weight is 444 g/mol. The molecule has 2 fully saturated rings. The second-order valence-corrected chi connectivity index (χ2v) is 9.90. The lowest BCUT2D eigenvalue weighted by atomic mass is 9.78. The molecule has 3 atom stereocenters. The minimum Gasteiger partial charge on any atom is -0.441 e. The van der Waals surface area contributed by atoms with Gasteiger partial charge in [-0.15, -0.1) is 0 Å². The van der Waals surface area contributed by atoms with Gasteiger partial charge in [0.05, 0.1) is 5.69 Å². The standard InChI is InChI=1S/C25H34ClN3O2/c1-16-6-4-9-22(17(16)2)27-24(30)19-10-12-29(13-11-19)15-23-18(3)31-25(28-23)20-7-5-8-21(26)14-20/h5,7-8,14,16-17,19,22H,4,6,9-13,15H2,1-3H3,(H,27,30). The fourth-order valence-electron chi connectivity index (χ4n) is 4.97. The van der Waals surface area contributed by atoms with Crippen LogP contribution in [-0.4, -0.2) is 34.9 Å². The van der Waals surface area contributed by atoms with Gasteiger partial charge < -0.3 is 9.73 Å². The van der Waals surface area contributed by atoms with Crippen LogP contribution in [0.5, 0.6) is 0 Å². The van der Waals surface area contributed by atoms with E-state index in [2.05, 4.69) is 24.1 Å². The van der Waals surface area contributed by atoms with Crippen molar-refractivity contribution in [2.75, 3.05) is 13.1 Å². The van der Waals surface area contributed by atoms with E-state index in [1.54, 1.807) is 0 Å². The van der Waals surface area contributed by atoms with Gasteiger partial charge in [-0.2, -0.15) is 0 Å². The lowest BCUT2D eigenvalue weighted by molar-refractivity contribution is -0.128. The normalized spacial score (nSPS) is 25.5. The third kappa shape index (κ3) is 5.32. The zero-order valence-corrected chi connectivity index (χ0v) is 19.6. The second kappa shape index (κ2) is 9.74. The Morgan fingerprint density at radius 1 is 1.23 bits per heavy atom. The van der Waals surface area contributed by atoms with Crippen molar-refractivity contribution in [3.63, 3.8) is 0 Å². The maximum atomic E-state index is 12.9. The number of benzene rings is 1. The fourth-order valence-corrected chi connectivity index (χ4v) is 5.16. The van der Waals surface area contributed by atoms with Crippen molar-refractivity contribution in [2.24, 2.45) is 17.8 Å². The molecule has 2 aromatic rings. The predicted molar refractivity (Wildman–Crippen MR) is 124 cm³/mol. The lowest BCUT2D eigenvalue weighted by Gasteiger charge is -2.36. The third-order valence-corrected chi connectivity index (χ3v) is 7.57. The van der Waals surface area contributed by atoms with Gasteiger partial charge in [0.1, 0.15) is 5.76 Å². The number of piperidine rings is 1. The van der Waals surface area contributed by atoms with Gasteiger partial charge in [-0.05, 0) is 69.3 Å². The Morgan fingerprint density at radius 3 is 2.74 bits per heavy atom. The van der Waals surface area contributed by atoms with Crippen LogP contribution in [0, 0.1) is 24.7 Å². The number of amides is 1. The molecule has 5 nitrogen and oxygen atoms in total. The number of oxazole rings is 1. The molecule has 4 rings (SSSR count). The number of carbonyl (C=O) groups excluding carboxylic acids is 1. The van der Waals surface area contributed by atoms with Crippen LogP contribution in [-0.2, 0) is 11.3 Å². The van der Waals surface area contributed by atoms with Gasteiger partial charge in [-0.3, -0.25) is 9.69 Å². The number of aryl methyl sites for hydroxylation is 1. The van der Waals surface area contributed by atoms with E-state index in [0.717, 1.165) is 55.9 Å². The Hall–Kier alpha value is -1.85. The van der Waals surface area contributed by atoms with Crippen LogP contribution in [0.1, 0.15) is 57.4 Å². The van der Waals surface area contributed by atoms with Crippen molar-refractivity contribution in [3.05, 3.63) is 40.7 Å². The number of carbonyl (C=O) groups is 1. The first kappa shape index (κ1) is 22.3. The highest BCUT2D eigenvalue weighted by atomic mass is 35.5. The Morgan fingerprint density at radius 2 is 2.00 bits per heavy atom. The summed E-state index contributed by atoms with van der Waals surface area (Å²) in [5.74, 6) is 3.10. The van der Waals surface area contributed by atoms with Crippen LogP contribution in [0.25, 0.3) is 11.5 Å². The van der Waals surface area contributed by atoms with E-state index in [-0.39, 0.29) is 11.8 Å². The number of nitrogens with one attached hydrogen (secondary N) is 1. The number of rotatable bonds is 5.